The largest absolute Gasteiger partial charge is 0.330 e. The van der Waals surface area contributed by atoms with Gasteiger partial charge in [-0.2, -0.15) is 0 Å². The topological polar surface area (TPSA) is 26.0 Å². The third-order valence-electron chi connectivity index (χ3n) is 7.12. The Morgan fingerprint density at radius 2 is 2.00 bits per heavy atom. The van der Waals surface area contributed by atoms with E-state index in [2.05, 4.69) is 45.9 Å². The SMILES string of the molecule is CC(C)c1ccc2c(c1)CC[C@H]1[C@@](C)(CCCN)CCC[C@]21C. The fourth-order valence-electron chi connectivity index (χ4n) is 5.81. The summed E-state index contributed by atoms with van der Waals surface area (Å²) in [6.07, 6.45) is 9.27. The van der Waals surface area contributed by atoms with Gasteiger partial charge in [-0.05, 0) is 84.4 Å². The third-order valence-corrected chi connectivity index (χ3v) is 7.12. The van der Waals surface area contributed by atoms with Crippen molar-refractivity contribution in [2.45, 2.75) is 84.0 Å². The van der Waals surface area contributed by atoms with Crippen molar-refractivity contribution in [2.75, 3.05) is 6.54 Å². The fourth-order valence-corrected chi connectivity index (χ4v) is 5.81. The Morgan fingerprint density at radius 3 is 2.70 bits per heavy atom. The zero-order valence-electron chi connectivity index (χ0n) is 15.6. The second-order valence-corrected chi connectivity index (χ2v) is 8.98. The Bertz CT molecular complexity index is 561. The van der Waals surface area contributed by atoms with Crippen LogP contribution in [-0.2, 0) is 11.8 Å². The molecule has 23 heavy (non-hydrogen) atoms. The number of hydrogen-bond acceptors (Lipinski definition) is 1. The van der Waals surface area contributed by atoms with Crippen molar-refractivity contribution >= 4 is 0 Å². The second-order valence-electron chi connectivity index (χ2n) is 8.98. The van der Waals surface area contributed by atoms with Crippen LogP contribution in [0.15, 0.2) is 18.2 Å². The van der Waals surface area contributed by atoms with Gasteiger partial charge in [-0.3, -0.25) is 0 Å². The van der Waals surface area contributed by atoms with E-state index in [-0.39, 0.29) is 0 Å². The van der Waals surface area contributed by atoms with E-state index in [9.17, 15) is 0 Å². The summed E-state index contributed by atoms with van der Waals surface area (Å²) in [6, 6.07) is 7.38. The maximum atomic E-state index is 5.83. The lowest BCUT2D eigenvalue weighted by atomic mass is 9.49. The zero-order valence-corrected chi connectivity index (χ0v) is 15.6. The van der Waals surface area contributed by atoms with Gasteiger partial charge in [-0.15, -0.1) is 0 Å². The van der Waals surface area contributed by atoms with Gasteiger partial charge in [0.2, 0.25) is 0 Å². The number of aryl methyl sites for hydroxylation is 1. The molecule has 0 saturated heterocycles. The average molecular weight is 314 g/mol. The van der Waals surface area contributed by atoms with E-state index < -0.39 is 0 Å². The summed E-state index contributed by atoms with van der Waals surface area (Å²) in [5, 5.41) is 0. The minimum atomic E-state index is 0.380. The van der Waals surface area contributed by atoms with Crippen molar-refractivity contribution in [1.82, 2.24) is 0 Å². The molecule has 2 aliphatic rings. The molecule has 1 nitrogen and oxygen atoms in total. The Morgan fingerprint density at radius 1 is 1.22 bits per heavy atom. The molecule has 1 aromatic rings. The first-order chi connectivity index (χ1) is 10.9. The number of benzene rings is 1. The fraction of sp³-hybridized carbons (Fsp3) is 0.727. The van der Waals surface area contributed by atoms with Crippen LogP contribution in [0.4, 0.5) is 0 Å². The van der Waals surface area contributed by atoms with Crippen molar-refractivity contribution in [1.29, 1.82) is 0 Å². The molecule has 0 aliphatic heterocycles. The molecule has 0 radical (unpaired) electrons. The minimum Gasteiger partial charge on any atom is -0.330 e. The summed E-state index contributed by atoms with van der Waals surface area (Å²) in [4.78, 5) is 0. The van der Waals surface area contributed by atoms with Gasteiger partial charge in [0, 0.05) is 0 Å². The number of hydrogen-bond donors (Lipinski definition) is 1. The Balaban J connectivity index is 1.97. The van der Waals surface area contributed by atoms with Crippen molar-refractivity contribution in [3.8, 4) is 0 Å². The zero-order chi connectivity index (χ0) is 16.7. The van der Waals surface area contributed by atoms with Gasteiger partial charge in [-0.1, -0.05) is 52.3 Å². The summed E-state index contributed by atoms with van der Waals surface area (Å²) < 4.78 is 0. The van der Waals surface area contributed by atoms with Crippen LogP contribution < -0.4 is 5.73 Å². The first-order valence-electron chi connectivity index (χ1n) is 9.74. The predicted octanol–water partition coefficient (Wildman–Crippen LogP) is 5.56. The summed E-state index contributed by atoms with van der Waals surface area (Å²) in [6.45, 7) is 10.6. The van der Waals surface area contributed by atoms with Gasteiger partial charge in [0.05, 0.1) is 0 Å². The summed E-state index contributed by atoms with van der Waals surface area (Å²) in [7, 11) is 0. The van der Waals surface area contributed by atoms with E-state index in [1.807, 2.05) is 0 Å². The number of rotatable bonds is 4. The van der Waals surface area contributed by atoms with E-state index >= 15 is 0 Å². The smallest absolute Gasteiger partial charge is 0.00390 e. The van der Waals surface area contributed by atoms with Gasteiger partial charge in [0.25, 0.3) is 0 Å². The Kier molecular flexibility index (Phi) is 4.62. The molecule has 1 saturated carbocycles. The standard InChI is InChI=1S/C22H35N/c1-16(2)17-7-9-19-18(15-17)8-10-20-21(3,12-6-14-23)11-5-13-22(19,20)4/h7,9,15-16,20H,5-6,8,10-14,23H2,1-4H3/t20-,21+,22+/m0/s1. The maximum Gasteiger partial charge on any atom is -0.00390 e. The highest BCUT2D eigenvalue weighted by atomic mass is 14.6. The van der Waals surface area contributed by atoms with Gasteiger partial charge < -0.3 is 5.73 Å². The van der Waals surface area contributed by atoms with Gasteiger partial charge in [0.1, 0.15) is 0 Å². The second kappa shape index (κ2) is 6.24. The van der Waals surface area contributed by atoms with Crippen molar-refractivity contribution in [3.05, 3.63) is 34.9 Å². The molecule has 0 heterocycles. The molecule has 0 bridgehead atoms. The highest BCUT2D eigenvalue weighted by Gasteiger charge is 2.51. The van der Waals surface area contributed by atoms with E-state index in [1.165, 1.54) is 50.5 Å². The molecule has 0 spiro atoms. The Hall–Kier alpha value is -0.820. The van der Waals surface area contributed by atoms with E-state index in [1.54, 1.807) is 11.1 Å². The molecule has 0 amide bonds. The lowest BCUT2D eigenvalue weighted by Crippen LogP contribution is -2.49. The van der Waals surface area contributed by atoms with E-state index in [0.29, 0.717) is 16.7 Å². The van der Waals surface area contributed by atoms with Gasteiger partial charge in [0.15, 0.2) is 0 Å². The minimum absolute atomic E-state index is 0.380. The average Bonchev–Trinajstić information content (AvgIpc) is 2.52. The Labute approximate surface area is 143 Å². The number of fused-ring (bicyclic) bond motifs is 3. The lowest BCUT2D eigenvalue weighted by molar-refractivity contribution is 0.0178. The molecular formula is C22H35N. The molecule has 2 aliphatic carbocycles. The quantitative estimate of drug-likeness (QED) is 0.774. The first kappa shape index (κ1) is 17.0. The summed E-state index contributed by atoms with van der Waals surface area (Å²) in [5.41, 5.74) is 11.5. The maximum absolute atomic E-state index is 5.83. The lowest BCUT2D eigenvalue weighted by Gasteiger charge is -2.56. The highest BCUT2D eigenvalue weighted by Crippen LogP contribution is 2.58. The van der Waals surface area contributed by atoms with Gasteiger partial charge >= 0.3 is 0 Å². The van der Waals surface area contributed by atoms with Crippen molar-refractivity contribution < 1.29 is 0 Å². The molecular weight excluding hydrogens is 278 g/mol. The molecule has 0 aromatic heterocycles. The molecule has 1 fully saturated rings. The van der Waals surface area contributed by atoms with Crippen LogP contribution in [0.5, 0.6) is 0 Å². The molecule has 2 N–H and O–H groups in total. The molecule has 3 atom stereocenters. The van der Waals surface area contributed by atoms with E-state index in [4.69, 9.17) is 5.73 Å². The normalized spacial score (nSPS) is 33.4. The van der Waals surface area contributed by atoms with Crippen molar-refractivity contribution in [3.63, 3.8) is 0 Å². The van der Waals surface area contributed by atoms with Crippen LogP contribution in [0.25, 0.3) is 0 Å². The van der Waals surface area contributed by atoms with E-state index in [0.717, 1.165) is 12.5 Å². The van der Waals surface area contributed by atoms with Crippen LogP contribution in [0.2, 0.25) is 0 Å². The third kappa shape index (κ3) is 2.86. The predicted molar refractivity (Wildman–Crippen MR) is 99.9 cm³/mol. The summed E-state index contributed by atoms with van der Waals surface area (Å²) >= 11 is 0. The molecule has 1 aromatic carbocycles. The summed E-state index contributed by atoms with van der Waals surface area (Å²) in [5.74, 6) is 1.46. The highest BCUT2D eigenvalue weighted by molar-refractivity contribution is 5.42. The molecule has 1 heteroatoms. The number of nitrogens with two attached hydrogens (primary N) is 1. The van der Waals surface area contributed by atoms with Crippen molar-refractivity contribution in [2.24, 2.45) is 17.1 Å². The van der Waals surface area contributed by atoms with Gasteiger partial charge in [-0.25, -0.2) is 0 Å². The molecule has 3 rings (SSSR count). The monoisotopic (exact) mass is 313 g/mol. The van der Waals surface area contributed by atoms with Crippen LogP contribution in [-0.4, -0.2) is 6.54 Å². The first-order valence-corrected chi connectivity index (χ1v) is 9.74. The van der Waals surface area contributed by atoms with Crippen LogP contribution >= 0.6 is 0 Å². The van der Waals surface area contributed by atoms with Crippen LogP contribution in [0, 0.1) is 11.3 Å². The molecule has 128 valence electrons. The van der Waals surface area contributed by atoms with Crippen LogP contribution in [0.1, 0.15) is 88.8 Å². The molecule has 0 unspecified atom stereocenters. The van der Waals surface area contributed by atoms with Crippen LogP contribution in [0.3, 0.4) is 0 Å².